The largest absolute Gasteiger partial charge is 0.256 e. The van der Waals surface area contributed by atoms with Gasteiger partial charge < -0.3 is 0 Å². The van der Waals surface area contributed by atoms with Gasteiger partial charge in [0.05, 0.1) is 5.52 Å². The van der Waals surface area contributed by atoms with Crippen LogP contribution in [0, 0.1) is 0 Å². The SMILES string of the molecule is C1=CCC=C(c2ccnc3ccccc23)C=C1. The van der Waals surface area contributed by atoms with Crippen molar-refractivity contribution in [3.63, 3.8) is 0 Å². The molecule has 82 valence electrons. The zero-order valence-electron chi connectivity index (χ0n) is 9.51. The molecule has 0 bridgehead atoms. The number of benzene rings is 1. The molecule has 0 amide bonds. The van der Waals surface area contributed by atoms with E-state index < -0.39 is 0 Å². The Morgan fingerprint density at radius 2 is 1.94 bits per heavy atom. The van der Waals surface area contributed by atoms with Crippen LogP contribution >= 0.6 is 0 Å². The second kappa shape index (κ2) is 4.38. The Hall–Kier alpha value is -2.15. The van der Waals surface area contributed by atoms with Crippen LogP contribution in [0.2, 0.25) is 0 Å². The molecule has 1 heteroatoms. The normalized spacial score (nSPS) is 14.7. The quantitative estimate of drug-likeness (QED) is 0.702. The Morgan fingerprint density at radius 3 is 2.94 bits per heavy atom. The molecule has 0 N–H and O–H groups in total. The van der Waals surface area contributed by atoms with Gasteiger partial charge in [-0.25, -0.2) is 0 Å². The highest BCUT2D eigenvalue weighted by molar-refractivity contribution is 5.94. The third-order valence-electron chi connectivity index (χ3n) is 2.96. The lowest BCUT2D eigenvalue weighted by Gasteiger charge is -2.06. The summed E-state index contributed by atoms with van der Waals surface area (Å²) in [4.78, 5) is 4.39. The lowest BCUT2D eigenvalue weighted by Crippen LogP contribution is -1.86. The fourth-order valence-electron chi connectivity index (χ4n) is 2.13. The molecule has 0 unspecified atom stereocenters. The maximum Gasteiger partial charge on any atom is 0.0708 e. The monoisotopic (exact) mass is 219 g/mol. The van der Waals surface area contributed by atoms with E-state index in [9.17, 15) is 0 Å². The maximum atomic E-state index is 4.39. The maximum absolute atomic E-state index is 4.39. The second-order valence-electron chi connectivity index (χ2n) is 4.06. The molecule has 1 aliphatic rings. The van der Waals surface area contributed by atoms with Gasteiger partial charge in [-0.15, -0.1) is 0 Å². The minimum absolute atomic E-state index is 0.985. The zero-order chi connectivity index (χ0) is 11.5. The van der Waals surface area contributed by atoms with Gasteiger partial charge in [-0.1, -0.05) is 48.6 Å². The van der Waals surface area contributed by atoms with E-state index in [2.05, 4.69) is 59.6 Å². The van der Waals surface area contributed by atoms with Crippen LogP contribution in [-0.2, 0) is 0 Å². The van der Waals surface area contributed by atoms with E-state index in [1.54, 1.807) is 0 Å². The molecule has 3 rings (SSSR count). The lowest BCUT2D eigenvalue weighted by atomic mass is 10.0. The molecule has 1 aliphatic carbocycles. The van der Waals surface area contributed by atoms with Crippen LogP contribution in [0.5, 0.6) is 0 Å². The van der Waals surface area contributed by atoms with Gasteiger partial charge in [0.25, 0.3) is 0 Å². The van der Waals surface area contributed by atoms with Crippen molar-refractivity contribution in [1.29, 1.82) is 0 Å². The molecule has 0 saturated carbocycles. The average molecular weight is 219 g/mol. The minimum Gasteiger partial charge on any atom is -0.256 e. The van der Waals surface area contributed by atoms with Crippen molar-refractivity contribution >= 4 is 16.5 Å². The Balaban J connectivity index is 2.20. The molecule has 17 heavy (non-hydrogen) atoms. The first-order valence-corrected chi connectivity index (χ1v) is 5.83. The number of pyridine rings is 1. The highest BCUT2D eigenvalue weighted by atomic mass is 14.6. The summed E-state index contributed by atoms with van der Waals surface area (Å²) in [5.74, 6) is 0. The van der Waals surface area contributed by atoms with Gasteiger partial charge >= 0.3 is 0 Å². The summed E-state index contributed by atoms with van der Waals surface area (Å²) in [5.41, 5.74) is 3.58. The molecule has 1 heterocycles. The van der Waals surface area contributed by atoms with Crippen LogP contribution in [0.4, 0.5) is 0 Å². The first-order chi connectivity index (χ1) is 8.45. The average Bonchev–Trinajstić information content (AvgIpc) is 2.67. The van der Waals surface area contributed by atoms with Gasteiger partial charge in [-0.05, 0) is 29.7 Å². The Morgan fingerprint density at radius 1 is 1.00 bits per heavy atom. The van der Waals surface area contributed by atoms with E-state index in [1.165, 1.54) is 16.5 Å². The molecule has 0 spiro atoms. The van der Waals surface area contributed by atoms with E-state index in [0.717, 1.165) is 11.9 Å². The molecule has 0 saturated heterocycles. The molecule has 0 atom stereocenters. The molecule has 1 aromatic heterocycles. The first kappa shape index (κ1) is 10.0. The van der Waals surface area contributed by atoms with Gasteiger partial charge in [-0.2, -0.15) is 0 Å². The Bertz CT molecular complexity index is 628. The number of aromatic nitrogens is 1. The van der Waals surface area contributed by atoms with E-state index in [0.29, 0.717) is 0 Å². The summed E-state index contributed by atoms with van der Waals surface area (Å²) in [6, 6.07) is 10.4. The number of rotatable bonds is 1. The topological polar surface area (TPSA) is 12.9 Å². The fraction of sp³-hybridized carbons (Fsp3) is 0.0625. The number of hydrogen-bond donors (Lipinski definition) is 0. The molecule has 0 aliphatic heterocycles. The summed E-state index contributed by atoms with van der Waals surface area (Å²) >= 11 is 0. The molecule has 1 nitrogen and oxygen atoms in total. The number of para-hydroxylation sites is 1. The van der Waals surface area contributed by atoms with Crippen molar-refractivity contribution in [1.82, 2.24) is 4.98 Å². The van der Waals surface area contributed by atoms with Gasteiger partial charge in [0.15, 0.2) is 0 Å². The minimum atomic E-state index is 0.985. The van der Waals surface area contributed by atoms with Gasteiger partial charge in [-0.3, -0.25) is 4.98 Å². The van der Waals surface area contributed by atoms with Crippen LogP contribution < -0.4 is 0 Å². The Labute approximate surface area is 101 Å². The number of nitrogens with zero attached hydrogens (tertiary/aromatic N) is 1. The van der Waals surface area contributed by atoms with Crippen molar-refractivity contribution < 1.29 is 0 Å². The summed E-state index contributed by atoms with van der Waals surface area (Å²) in [6.45, 7) is 0. The standard InChI is InChI=1S/C16H13N/c1-2-4-8-13(7-3-1)14-11-12-17-16-10-6-5-9-15(14)16/h1-3,5-12H,4H2. The number of fused-ring (bicyclic) bond motifs is 1. The predicted molar refractivity (Wildman–Crippen MR) is 72.6 cm³/mol. The van der Waals surface area contributed by atoms with Crippen LogP contribution in [0.15, 0.2) is 66.9 Å². The van der Waals surface area contributed by atoms with Crippen molar-refractivity contribution in [2.75, 3.05) is 0 Å². The smallest absolute Gasteiger partial charge is 0.0708 e. The molecule has 0 fully saturated rings. The number of hydrogen-bond acceptors (Lipinski definition) is 1. The molecular weight excluding hydrogens is 206 g/mol. The summed E-state index contributed by atoms with van der Waals surface area (Å²) in [7, 11) is 0. The van der Waals surface area contributed by atoms with E-state index >= 15 is 0 Å². The third kappa shape index (κ3) is 1.92. The Kier molecular flexibility index (Phi) is 2.59. The van der Waals surface area contributed by atoms with Gasteiger partial charge in [0.1, 0.15) is 0 Å². The van der Waals surface area contributed by atoms with Crippen molar-refractivity contribution in [2.24, 2.45) is 0 Å². The van der Waals surface area contributed by atoms with Crippen molar-refractivity contribution in [2.45, 2.75) is 6.42 Å². The number of allylic oxidation sites excluding steroid dienone is 6. The fourth-order valence-corrected chi connectivity index (χ4v) is 2.13. The summed E-state index contributed by atoms with van der Waals surface area (Å²) in [5, 5.41) is 1.22. The first-order valence-electron chi connectivity index (χ1n) is 5.83. The van der Waals surface area contributed by atoms with Crippen LogP contribution in [0.1, 0.15) is 12.0 Å². The van der Waals surface area contributed by atoms with E-state index in [-0.39, 0.29) is 0 Å². The van der Waals surface area contributed by atoms with E-state index in [1.807, 2.05) is 12.3 Å². The van der Waals surface area contributed by atoms with E-state index in [4.69, 9.17) is 0 Å². The van der Waals surface area contributed by atoms with Crippen molar-refractivity contribution in [3.8, 4) is 0 Å². The molecule has 0 radical (unpaired) electrons. The van der Waals surface area contributed by atoms with Gasteiger partial charge in [0.2, 0.25) is 0 Å². The molecular formula is C16H13N. The van der Waals surface area contributed by atoms with Crippen molar-refractivity contribution in [3.05, 3.63) is 72.5 Å². The van der Waals surface area contributed by atoms with Crippen LogP contribution in [0.3, 0.4) is 0 Å². The molecule has 2 aromatic rings. The zero-order valence-corrected chi connectivity index (χ0v) is 9.51. The highest BCUT2D eigenvalue weighted by Gasteiger charge is 2.04. The summed E-state index contributed by atoms with van der Waals surface area (Å²) < 4.78 is 0. The van der Waals surface area contributed by atoms with Crippen LogP contribution in [0.25, 0.3) is 16.5 Å². The summed E-state index contributed by atoms with van der Waals surface area (Å²) in [6.07, 6.45) is 13.6. The molecule has 1 aromatic carbocycles. The predicted octanol–water partition coefficient (Wildman–Crippen LogP) is 4.13. The second-order valence-corrected chi connectivity index (χ2v) is 4.06. The lowest BCUT2D eigenvalue weighted by molar-refractivity contribution is 1.38. The van der Waals surface area contributed by atoms with Crippen LogP contribution in [-0.4, -0.2) is 4.98 Å². The third-order valence-corrected chi connectivity index (χ3v) is 2.96. The highest BCUT2D eigenvalue weighted by Crippen LogP contribution is 2.25. The van der Waals surface area contributed by atoms with Gasteiger partial charge in [0, 0.05) is 11.6 Å².